The van der Waals surface area contributed by atoms with Gasteiger partial charge in [-0.15, -0.1) is 0 Å². The number of fused-ring (bicyclic) bond motifs is 1. The van der Waals surface area contributed by atoms with E-state index in [1.807, 2.05) is 16.9 Å². The van der Waals surface area contributed by atoms with Crippen LogP contribution < -0.4 is 5.56 Å². The van der Waals surface area contributed by atoms with Crippen molar-refractivity contribution in [3.63, 3.8) is 0 Å². The van der Waals surface area contributed by atoms with Crippen molar-refractivity contribution in [2.75, 3.05) is 6.61 Å². The number of aryl methyl sites for hydroxylation is 1. The molecule has 0 N–H and O–H groups in total. The van der Waals surface area contributed by atoms with Gasteiger partial charge in [-0.25, -0.2) is 13.6 Å². The van der Waals surface area contributed by atoms with E-state index in [1.54, 1.807) is 48.5 Å². The predicted molar refractivity (Wildman–Crippen MR) is 114 cm³/mol. The summed E-state index contributed by atoms with van der Waals surface area (Å²) in [5.74, 6) is 0. The van der Waals surface area contributed by atoms with E-state index in [0.29, 0.717) is 20.6 Å². The lowest BCUT2D eigenvalue weighted by Crippen LogP contribution is -2.24. The smallest absolute Gasteiger partial charge is 0.274 e. The van der Waals surface area contributed by atoms with Crippen LogP contribution in [0.25, 0.3) is 10.8 Å². The van der Waals surface area contributed by atoms with Gasteiger partial charge in [0.2, 0.25) is 0 Å². The van der Waals surface area contributed by atoms with Gasteiger partial charge < -0.3 is 4.74 Å². The van der Waals surface area contributed by atoms with Crippen LogP contribution in [0.1, 0.15) is 31.2 Å². The molecule has 10 heteroatoms. The Morgan fingerprint density at radius 1 is 1.16 bits per heavy atom. The lowest BCUT2D eigenvalue weighted by Gasteiger charge is -2.22. The average Bonchev–Trinajstić information content (AvgIpc) is 3.45. The Bertz CT molecular complexity index is 1320. The van der Waals surface area contributed by atoms with Crippen molar-refractivity contribution < 1.29 is 8.95 Å². The zero-order valence-electron chi connectivity index (χ0n) is 17.0. The second-order valence-corrected chi connectivity index (χ2v) is 9.06. The summed E-state index contributed by atoms with van der Waals surface area (Å²) in [6.07, 6.45) is 9.92. The van der Waals surface area contributed by atoms with Crippen LogP contribution >= 0.6 is 0 Å². The average molecular weight is 439 g/mol. The maximum absolute atomic E-state index is 12.9. The summed E-state index contributed by atoms with van der Waals surface area (Å²) in [6.45, 7) is 1.02. The van der Waals surface area contributed by atoms with Crippen LogP contribution in [0.2, 0.25) is 0 Å². The Labute approximate surface area is 180 Å². The minimum atomic E-state index is -1.37. The summed E-state index contributed by atoms with van der Waals surface area (Å²) in [6, 6.07) is 7.04. The largest absolute Gasteiger partial charge is 0.357 e. The highest BCUT2D eigenvalue weighted by Gasteiger charge is 2.17. The van der Waals surface area contributed by atoms with Crippen LogP contribution in [0.4, 0.5) is 0 Å². The molecule has 0 aliphatic carbocycles. The van der Waals surface area contributed by atoms with Gasteiger partial charge >= 0.3 is 0 Å². The molecule has 160 valence electrons. The molecule has 1 fully saturated rings. The Morgan fingerprint density at radius 3 is 2.84 bits per heavy atom. The van der Waals surface area contributed by atoms with E-state index < -0.39 is 10.8 Å². The van der Waals surface area contributed by atoms with Gasteiger partial charge in [-0.2, -0.15) is 15.3 Å². The second-order valence-electron chi connectivity index (χ2n) is 7.58. The van der Waals surface area contributed by atoms with Crippen molar-refractivity contribution in [2.45, 2.75) is 41.8 Å². The first-order valence-corrected chi connectivity index (χ1v) is 11.3. The Hall–Kier alpha value is -3.11. The standard InChI is InChI=1S/C21H22N6O3S/c1-25-14-18(12-22-25)31(29)17-5-6-19-15(10-17)11-23-27(21(19)28)13-16-7-8-26(24-16)20-4-2-3-9-30-20/h5-8,10-12,14,20H,2-4,9,13H2,1H3. The summed E-state index contributed by atoms with van der Waals surface area (Å²) in [5, 5.41) is 14.1. The molecule has 0 bridgehead atoms. The molecule has 31 heavy (non-hydrogen) atoms. The molecule has 1 aliphatic rings. The third kappa shape index (κ3) is 3.96. The van der Waals surface area contributed by atoms with Crippen molar-refractivity contribution in [2.24, 2.45) is 7.05 Å². The molecule has 1 aromatic carbocycles. The van der Waals surface area contributed by atoms with Gasteiger partial charge in [0, 0.05) is 36.3 Å². The van der Waals surface area contributed by atoms with Crippen LogP contribution in [-0.2, 0) is 29.1 Å². The van der Waals surface area contributed by atoms with E-state index in [0.717, 1.165) is 31.6 Å². The predicted octanol–water partition coefficient (Wildman–Crippen LogP) is 2.24. The van der Waals surface area contributed by atoms with E-state index in [1.165, 1.54) is 4.68 Å². The molecule has 2 unspecified atom stereocenters. The van der Waals surface area contributed by atoms with E-state index in [2.05, 4.69) is 15.3 Å². The zero-order chi connectivity index (χ0) is 21.4. The highest BCUT2D eigenvalue weighted by Crippen LogP contribution is 2.22. The molecule has 2 atom stereocenters. The third-order valence-corrected chi connectivity index (χ3v) is 6.68. The van der Waals surface area contributed by atoms with Gasteiger partial charge in [0.15, 0.2) is 0 Å². The van der Waals surface area contributed by atoms with Crippen molar-refractivity contribution in [3.8, 4) is 0 Å². The number of benzene rings is 1. The van der Waals surface area contributed by atoms with Crippen LogP contribution in [0, 0.1) is 0 Å². The zero-order valence-corrected chi connectivity index (χ0v) is 17.9. The van der Waals surface area contributed by atoms with Gasteiger partial charge in [0.05, 0.1) is 45.7 Å². The molecule has 9 nitrogen and oxygen atoms in total. The maximum Gasteiger partial charge on any atom is 0.274 e. The Balaban J connectivity index is 1.39. The maximum atomic E-state index is 12.9. The fourth-order valence-electron chi connectivity index (χ4n) is 3.73. The molecule has 1 aliphatic heterocycles. The Morgan fingerprint density at radius 2 is 2.06 bits per heavy atom. The first-order valence-electron chi connectivity index (χ1n) is 10.1. The summed E-state index contributed by atoms with van der Waals surface area (Å²) in [5.41, 5.74) is 0.539. The highest BCUT2D eigenvalue weighted by molar-refractivity contribution is 7.85. The molecule has 5 rings (SSSR count). The SMILES string of the molecule is Cn1cc(S(=O)c2ccc3c(=O)n(Cc4ccn(C5CCCCO5)n4)ncc3c2)cn1. The molecule has 0 radical (unpaired) electrons. The monoisotopic (exact) mass is 438 g/mol. The molecular formula is C21H22N6O3S. The van der Waals surface area contributed by atoms with Crippen molar-refractivity contribution in [3.05, 3.63) is 65.1 Å². The summed E-state index contributed by atoms with van der Waals surface area (Å²) in [4.78, 5) is 14.2. The Kier molecular flexibility index (Phi) is 5.24. The summed E-state index contributed by atoms with van der Waals surface area (Å²) >= 11 is 0. The quantitative estimate of drug-likeness (QED) is 0.474. The molecule has 0 saturated carbocycles. The van der Waals surface area contributed by atoms with Crippen molar-refractivity contribution in [1.82, 2.24) is 29.3 Å². The summed E-state index contributed by atoms with van der Waals surface area (Å²) in [7, 11) is 0.407. The number of nitrogens with zero attached hydrogens (tertiary/aromatic N) is 6. The van der Waals surface area contributed by atoms with E-state index >= 15 is 0 Å². The molecule has 4 heterocycles. The first kappa shape index (κ1) is 19.8. The molecule has 0 amide bonds. The number of aromatic nitrogens is 6. The van der Waals surface area contributed by atoms with Crippen molar-refractivity contribution >= 4 is 21.6 Å². The van der Waals surface area contributed by atoms with Crippen molar-refractivity contribution in [1.29, 1.82) is 0 Å². The van der Waals surface area contributed by atoms with E-state index in [9.17, 15) is 9.00 Å². The highest BCUT2D eigenvalue weighted by atomic mass is 32.2. The molecule has 3 aromatic heterocycles. The lowest BCUT2D eigenvalue weighted by atomic mass is 10.2. The summed E-state index contributed by atoms with van der Waals surface area (Å²) < 4.78 is 23.3. The molecular weight excluding hydrogens is 416 g/mol. The number of ether oxygens (including phenoxy) is 1. The van der Waals surface area contributed by atoms with Gasteiger partial charge in [-0.05, 0) is 43.5 Å². The van der Waals surface area contributed by atoms with Crippen LogP contribution in [0.15, 0.2) is 63.6 Å². The molecule has 4 aromatic rings. The van der Waals surface area contributed by atoms with E-state index in [4.69, 9.17) is 4.74 Å². The minimum Gasteiger partial charge on any atom is -0.357 e. The first-order chi connectivity index (χ1) is 15.1. The number of rotatable bonds is 5. The number of hydrogen-bond donors (Lipinski definition) is 0. The van der Waals surface area contributed by atoms with E-state index in [-0.39, 0.29) is 18.3 Å². The molecule has 0 spiro atoms. The fourth-order valence-corrected chi connectivity index (χ4v) is 4.82. The lowest BCUT2D eigenvalue weighted by molar-refractivity contribution is -0.0397. The van der Waals surface area contributed by atoms with Crippen LogP contribution in [0.3, 0.4) is 0 Å². The molecule has 1 saturated heterocycles. The van der Waals surface area contributed by atoms with Gasteiger partial charge in [0.25, 0.3) is 5.56 Å². The minimum absolute atomic E-state index is 0.0390. The van der Waals surface area contributed by atoms with Crippen LogP contribution in [0.5, 0.6) is 0 Å². The topological polar surface area (TPSA) is 96.8 Å². The second kappa shape index (κ2) is 8.20. The van der Waals surface area contributed by atoms with Crippen LogP contribution in [-0.4, -0.2) is 40.2 Å². The normalized spacial score (nSPS) is 17.8. The number of hydrogen-bond acceptors (Lipinski definition) is 6. The van der Waals surface area contributed by atoms with Gasteiger partial charge in [0.1, 0.15) is 6.23 Å². The van der Waals surface area contributed by atoms with Gasteiger partial charge in [-0.1, -0.05) is 0 Å². The third-order valence-electron chi connectivity index (χ3n) is 5.36. The fraction of sp³-hybridized carbons (Fsp3) is 0.333. The van der Waals surface area contributed by atoms with Gasteiger partial charge in [-0.3, -0.25) is 9.48 Å².